The van der Waals surface area contributed by atoms with E-state index in [0.717, 1.165) is 33.0 Å². The lowest BCUT2D eigenvalue weighted by Crippen LogP contribution is -1.88. The van der Waals surface area contributed by atoms with Crippen molar-refractivity contribution in [1.82, 2.24) is 4.98 Å². The Morgan fingerprint density at radius 2 is 1.38 bits per heavy atom. The van der Waals surface area contributed by atoms with Crippen LogP contribution in [0.15, 0.2) is 84.2 Å². The van der Waals surface area contributed by atoms with Crippen LogP contribution in [-0.2, 0) is 9.59 Å². The third kappa shape index (κ3) is 4.87. The number of non-ortho nitro benzene ring substituents is 1. The van der Waals surface area contributed by atoms with E-state index in [1.807, 2.05) is 66.0 Å². The van der Waals surface area contributed by atoms with Crippen molar-refractivity contribution in [3.63, 3.8) is 0 Å². The Balaban J connectivity index is 0.000000755. The Hall–Kier alpha value is -3.93. The van der Waals surface area contributed by atoms with Crippen LogP contribution < -0.4 is 0 Å². The number of hydrogen-bond acceptors (Lipinski definition) is 6. The molecule has 0 aliphatic rings. The summed E-state index contributed by atoms with van der Waals surface area (Å²) in [6, 6.07) is 24.7. The summed E-state index contributed by atoms with van der Waals surface area (Å²) in [7, 11) is 0. The van der Waals surface area contributed by atoms with Gasteiger partial charge in [-0.1, -0.05) is 60.7 Å². The van der Waals surface area contributed by atoms with Gasteiger partial charge in [-0.05, 0) is 17.2 Å². The van der Waals surface area contributed by atoms with Crippen molar-refractivity contribution in [2.45, 2.75) is 0 Å². The average molecular weight is 402 g/mol. The molecule has 1 aromatic heterocycles. The Morgan fingerprint density at radius 1 is 0.793 bits per heavy atom. The molecule has 1 heterocycles. The molecule has 0 spiro atoms. The largest absolute Gasteiger partial charge is 0.373 e. The Kier molecular flexibility index (Phi) is 6.37. The van der Waals surface area contributed by atoms with Crippen molar-refractivity contribution in [2.75, 3.05) is 0 Å². The fraction of sp³-hybridized carbons (Fsp3) is 0. The van der Waals surface area contributed by atoms with Crippen molar-refractivity contribution in [3.8, 4) is 33.0 Å². The van der Waals surface area contributed by atoms with Gasteiger partial charge in [0, 0.05) is 28.6 Å². The summed E-state index contributed by atoms with van der Waals surface area (Å²) in [6.07, 6.45) is 0.250. The Bertz CT molecular complexity index is 1170. The fourth-order valence-corrected chi connectivity index (χ4v) is 3.61. The van der Waals surface area contributed by atoms with Gasteiger partial charge in [-0.25, -0.2) is 4.98 Å². The van der Waals surface area contributed by atoms with E-state index in [-0.39, 0.29) is 16.8 Å². The Morgan fingerprint density at radius 3 is 2.07 bits per heavy atom. The third-order valence-electron chi connectivity index (χ3n) is 4.07. The summed E-state index contributed by atoms with van der Waals surface area (Å²) in [5.41, 5.74) is 4.83. The molecule has 0 unspecified atom stereocenters. The van der Waals surface area contributed by atoms with E-state index in [1.54, 1.807) is 23.5 Å². The van der Waals surface area contributed by atoms with Gasteiger partial charge in [0.1, 0.15) is 5.01 Å². The molecule has 0 saturated heterocycles. The topological polar surface area (TPSA) is 90.2 Å². The van der Waals surface area contributed by atoms with E-state index < -0.39 is 0 Å². The Labute approximate surface area is 170 Å². The normalized spacial score (nSPS) is 9.79. The lowest BCUT2D eigenvalue weighted by atomic mass is 10.0. The molecule has 0 atom stereocenters. The second kappa shape index (κ2) is 9.32. The number of carbonyl (C=O) groups excluding carboxylic acids is 2. The van der Waals surface area contributed by atoms with Gasteiger partial charge in [-0.3, -0.25) is 10.1 Å². The molecule has 3 aromatic carbocycles. The molecule has 0 aliphatic carbocycles. The number of nitro benzene ring substituents is 1. The number of hydrogen-bond donors (Lipinski definition) is 0. The minimum atomic E-state index is -0.375. The van der Waals surface area contributed by atoms with Crippen LogP contribution in [0.1, 0.15) is 0 Å². The monoisotopic (exact) mass is 402 g/mol. The van der Waals surface area contributed by atoms with Crippen LogP contribution in [0, 0.1) is 10.1 Å². The van der Waals surface area contributed by atoms with E-state index in [0.29, 0.717) is 0 Å². The van der Waals surface area contributed by atoms with E-state index in [9.17, 15) is 10.1 Å². The molecule has 4 rings (SSSR count). The lowest BCUT2D eigenvalue weighted by Gasteiger charge is -2.04. The third-order valence-corrected chi connectivity index (χ3v) is 4.96. The number of nitro groups is 1. The maximum Gasteiger partial charge on any atom is 0.373 e. The highest BCUT2D eigenvalue weighted by Crippen LogP contribution is 2.31. The fourth-order valence-electron chi connectivity index (χ4n) is 2.78. The van der Waals surface area contributed by atoms with Gasteiger partial charge in [-0.2, -0.15) is 9.59 Å². The van der Waals surface area contributed by atoms with E-state index in [2.05, 4.69) is 0 Å². The molecule has 142 valence electrons. The highest BCUT2D eigenvalue weighted by atomic mass is 32.1. The summed E-state index contributed by atoms with van der Waals surface area (Å²) >= 11 is 1.61. The van der Waals surface area contributed by atoms with Gasteiger partial charge in [0.25, 0.3) is 5.69 Å². The summed E-state index contributed by atoms with van der Waals surface area (Å²) in [6.45, 7) is 0. The van der Waals surface area contributed by atoms with Crippen LogP contribution in [-0.4, -0.2) is 16.1 Å². The van der Waals surface area contributed by atoms with E-state index in [1.165, 1.54) is 6.07 Å². The van der Waals surface area contributed by atoms with Crippen molar-refractivity contribution < 1.29 is 14.5 Å². The molecule has 0 radical (unpaired) electrons. The smallest absolute Gasteiger partial charge is 0.258 e. The van der Waals surface area contributed by atoms with Gasteiger partial charge < -0.3 is 0 Å². The van der Waals surface area contributed by atoms with Gasteiger partial charge in [0.05, 0.1) is 10.6 Å². The van der Waals surface area contributed by atoms with Gasteiger partial charge in [-0.15, -0.1) is 11.3 Å². The number of rotatable bonds is 4. The van der Waals surface area contributed by atoms with Gasteiger partial charge >= 0.3 is 6.15 Å². The molecule has 4 aromatic rings. The first kappa shape index (κ1) is 19.8. The maximum absolute atomic E-state index is 11.0. The molecule has 0 aliphatic heterocycles. The zero-order valence-corrected chi connectivity index (χ0v) is 15.8. The van der Waals surface area contributed by atoms with E-state index >= 15 is 0 Å². The zero-order chi connectivity index (χ0) is 20.6. The number of thiazole rings is 1. The van der Waals surface area contributed by atoms with E-state index in [4.69, 9.17) is 14.6 Å². The number of nitrogens with zero attached hydrogens (tertiary/aromatic N) is 2. The van der Waals surface area contributed by atoms with Crippen LogP contribution in [0.5, 0.6) is 0 Å². The minimum absolute atomic E-state index is 0.0907. The summed E-state index contributed by atoms with van der Waals surface area (Å²) < 4.78 is 0. The van der Waals surface area contributed by atoms with Crippen LogP contribution in [0.25, 0.3) is 33.0 Å². The molecule has 7 heteroatoms. The van der Waals surface area contributed by atoms with Crippen LogP contribution >= 0.6 is 11.3 Å². The number of aromatic nitrogens is 1. The quantitative estimate of drug-likeness (QED) is 0.333. The molecule has 29 heavy (non-hydrogen) atoms. The second-order valence-electron chi connectivity index (χ2n) is 5.88. The van der Waals surface area contributed by atoms with Crippen molar-refractivity contribution in [1.29, 1.82) is 0 Å². The first-order valence-corrected chi connectivity index (χ1v) is 9.36. The molecule has 0 amide bonds. The highest BCUT2D eigenvalue weighted by molar-refractivity contribution is 7.13. The predicted molar refractivity (Wildman–Crippen MR) is 110 cm³/mol. The maximum atomic E-state index is 11.0. The minimum Gasteiger partial charge on any atom is -0.258 e. The molecule has 6 nitrogen and oxygen atoms in total. The summed E-state index contributed by atoms with van der Waals surface area (Å²) in [5.74, 6) is 0. The zero-order valence-electron chi connectivity index (χ0n) is 15.0. The first-order chi connectivity index (χ1) is 14.1. The van der Waals surface area contributed by atoms with Crippen LogP contribution in [0.4, 0.5) is 5.69 Å². The average Bonchev–Trinajstić information content (AvgIpc) is 3.26. The van der Waals surface area contributed by atoms with Gasteiger partial charge in [0.2, 0.25) is 0 Å². The standard InChI is InChI=1S/C21H14N2O2S.CO2/c24-23(25)19-11-5-9-17(13-19)16-8-4-10-18(12-16)20-14-26-21(22-20)15-6-2-1-3-7-15;2-1-3/h1-14H;. The number of benzene rings is 3. The van der Waals surface area contributed by atoms with Crippen LogP contribution in [0.3, 0.4) is 0 Å². The van der Waals surface area contributed by atoms with Crippen molar-refractivity contribution in [2.24, 2.45) is 0 Å². The predicted octanol–water partition coefficient (Wildman–Crippen LogP) is 5.47. The summed E-state index contributed by atoms with van der Waals surface area (Å²) in [4.78, 5) is 31.6. The molecule has 0 bridgehead atoms. The molecule has 0 fully saturated rings. The first-order valence-electron chi connectivity index (χ1n) is 8.48. The SMILES string of the molecule is O=C=O.O=[N+]([O-])c1cccc(-c2cccc(-c3csc(-c4ccccc4)n3)c2)c1. The molecular formula is C22H14N2O4S. The molecule has 0 N–H and O–H groups in total. The van der Waals surface area contributed by atoms with Gasteiger partial charge in [0.15, 0.2) is 0 Å². The molecule has 0 saturated carbocycles. The highest BCUT2D eigenvalue weighted by Gasteiger charge is 2.10. The summed E-state index contributed by atoms with van der Waals surface area (Å²) in [5, 5.41) is 14.0. The second-order valence-corrected chi connectivity index (χ2v) is 6.73. The van der Waals surface area contributed by atoms with Crippen molar-refractivity contribution in [3.05, 3.63) is 94.4 Å². The molecular weight excluding hydrogens is 388 g/mol. The van der Waals surface area contributed by atoms with Crippen LogP contribution in [0.2, 0.25) is 0 Å². The van der Waals surface area contributed by atoms with Crippen molar-refractivity contribution >= 4 is 23.2 Å². The lowest BCUT2D eigenvalue weighted by molar-refractivity contribution is -0.384.